The molecule has 0 saturated carbocycles. The number of thiazole rings is 1. The van der Waals surface area contributed by atoms with Crippen molar-refractivity contribution in [3.05, 3.63) is 42.0 Å². The van der Waals surface area contributed by atoms with Gasteiger partial charge in [-0.2, -0.15) is 4.31 Å². The number of ether oxygens (including phenoxy) is 2. The van der Waals surface area contributed by atoms with Crippen LogP contribution in [0.3, 0.4) is 0 Å². The molecule has 40 heavy (non-hydrogen) atoms. The molecular weight excluding hydrogens is 572 g/mol. The molecule has 3 aromatic rings. The van der Waals surface area contributed by atoms with Gasteiger partial charge < -0.3 is 14.4 Å². The molecule has 9 nitrogen and oxygen atoms in total. The minimum Gasteiger partial charge on any atom is -0.486 e. The lowest BCUT2D eigenvalue weighted by Crippen LogP contribution is -2.39. The van der Waals surface area contributed by atoms with Crippen LogP contribution in [0.4, 0.5) is 5.13 Å². The summed E-state index contributed by atoms with van der Waals surface area (Å²) < 4.78 is 40.4. The minimum absolute atomic E-state index is 0. The number of hydrogen-bond donors (Lipinski definition) is 0. The highest BCUT2D eigenvalue weighted by atomic mass is 35.5. The second kappa shape index (κ2) is 13.5. The number of sulfonamides is 1. The van der Waals surface area contributed by atoms with Gasteiger partial charge in [-0.05, 0) is 50.2 Å². The molecule has 1 amide bonds. The van der Waals surface area contributed by atoms with E-state index in [1.165, 1.54) is 11.3 Å². The van der Waals surface area contributed by atoms with Crippen LogP contribution < -0.4 is 14.4 Å². The first-order chi connectivity index (χ1) is 18.9. The Hall–Kier alpha value is -2.44. The fraction of sp³-hybridized carbons (Fsp3) is 0.500. The number of benzene rings is 2. The van der Waals surface area contributed by atoms with Crippen molar-refractivity contribution in [2.45, 2.75) is 44.4 Å². The Bertz CT molecular complexity index is 1360. The highest BCUT2D eigenvalue weighted by Crippen LogP contribution is 2.39. The number of anilines is 1. The molecule has 0 bridgehead atoms. The summed E-state index contributed by atoms with van der Waals surface area (Å²) in [5.74, 6) is 1.14. The number of aromatic nitrogens is 1. The average molecular weight is 609 g/mol. The van der Waals surface area contributed by atoms with E-state index in [1.807, 2.05) is 12.1 Å². The van der Waals surface area contributed by atoms with Gasteiger partial charge in [0.2, 0.25) is 10.0 Å². The zero-order valence-electron chi connectivity index (χ0n) is 23.0. The molecule has 0 N–H and O–H groups in total. The molecule has 0 aliphatic carbocycles. The Labute approximate surface area is 246 Å². The first-order valence-electron chi connectivity index (χ1n) is 13.8. The van der Waals surface area contributed by atoms with Gasteiger partial charge in [0.15, 0.2) is 16.6 Å². The lowest BCUT2D eigenvalue weighted by molar-refractivity contribution is 0.0983. The van der Waals surface area contributed by atoms with Gasteiger partial charge in [-0.1, -0.05) is 38.0 Å². The Morgan fingerprint density at radius 2 is 1.57 bits per heavy atom. The number of fused-ring (bicyclic) bond motifs is 2. The van der Waals surface area contributed by atoms with Gasteiger partial charge in [-0.3, -0.25) is 9.69 Å². The number of likely N-dealkylation sites (N-methyl/N-ethyl adjacent to an activating group) is 1. The van der Waals surface area contributed by atoms with Gasteiger partial charge in [-0.15, -0.1) is 12.4 Å². The Morgan fingerprint density at radius 3 is 2.20 bits per heavy atom. The van der Waals surface area contributed by atoms with Crippen LogP contribution in [-0.2, 0) is 10.0 Å². The molecule has 3 heterocycles. The zero-order valence-corrected chi connectivity index (χ0v) is 25.5. The predicted molar refractivity (Wildman–Crippen MR) is 161 cm³/mol. The maximum Gasteiger partial charge on any atom is 0.260 e. The molecule has 2 aliphatic rings. The third kappa shape index (κ3) is 6.54. The van der Waals surface area contributed by atoms with E-state index in [1.54, 1.807) is 33.5 Å². The molecule has 2 aliphatic heterocycles. The van der Waals surface area contributed by atoms with E-state index in [2.05, 4.69) is 18.7 Å². The average Bonchev–Trinajstić information content (AvgIpc) is 3.15. The molecular formula is C28H37ClN4O5S2. The van der Waals surface area contributed by atoms with Crippen LogP contribution in [0.2, 0.25) is 0 Å². The number of rotatable bonds is 9. The Morgan fingerprint density at radius 1 is 0.950 bits per heavy atom. The summed E-state index contributed by atoms with van der Waals surface area (Å²) in [6.07, 6.45) is 3.86. The van der Waals surface area contributed by atoms with Crippen molar-refractivity contribution in [2.75, 3.05) is 57.4 Å². The van der Waals surface area contributed by atoms with E-state index < -0.39 is 10.0 Å². The van der Waals surface area contributed by atoms with Crippen molar-refractivity contribution in [2.24, 2.45) is 0 Å². The first kappa shape index (κ1) is 30.5. The molecule has 2 aromatic carbocycles. The fourth-order valence-electron chi connectivity index (χ4n) is 4.99. The highest BCUT2D eigenvalue weighted by molar-refractivity contribution is 7.89. The molecule has 12 heteroatoms. The second-order valence-corrected chi connectivity index (χ2v) is 12.7. The standard InChI is InChI=1S/C28H36N4O5S2.ClH/c1-3-30(4-2)15-16-32(28-29-23-19-24-25(20-26(23)38-28)37-18-17-36-24)27(33)21-9-11-22(12-10-21)39(34,35)31-13-7-5-6-8-14-31;/h9-12,19-20H,3-8,13-18H2,1-2H3;1H. The third-order valence-corrected chi connectivity index (χ3v) is 10.3. The van der Waals surface area contributed by atoms with Crippen LogP contribution in [0, 0.1) is 0 Å². The number of halogens is 1. The number of amides is 1. The zero-order chi connectivity index (χ0) is 27.4. The molecule has 0 radical (unpaired) electrons. The smallest absolute Gasteiger partial charge is 0.260 e. The van der Waals surface area contributed by atoms with Gasteiger partial charge in [0.25, 0.3) is 5.91 Å². The Kier molecular flexibility index (Phi) is 10.3. The summed E-state index contributed by atoms with van der Waals surface area (Å²) in [6.45, 7) is 9.18. The van der Waals surface area contributed by atoms with E-state index in [0.29, 0.717) is 61.6 Å². The lowest BCUT2D eigenvalue weighted by Gasteiger charge is -2.25. The van der Waals surface area contributed by atoms with Crippen LogP contribution in [0.5, 0.6) is 11.5 Å². The van der Waals surface area contributed by atoms with Crippen LogP contribution in [-0.4, -0.2) is 81.0 Å². The van der Waals surface area contributed by atoms with Crippen molar-refractivity contribution in [1.29, 1.82) is 0 Å². The van der Waals surface area contributed by atoms with Crippen molar-refractivity contribution in [3.8, 4) is 11.5 Å². The summed E-state index contributed by atoms with van der Waals surface area (Å²) in [5.41, 5.74) is 1.17. The molecule has 0 unspecified atom stereocenters. The lowest BCUT2D eigenvalue weighted by atomic mass is 10.2. The summed E-state index contributed by atoms with van der Waals surface area (Å²) in [4.78, 5) is 22.8. The number of nitrogens with zero attached hydrogens (tertiary/aromatic N) is 4. The van der Waals surface area contributed by atoms with Gasteiger partial charge in [0.05, 0.1) is 15.1 Å². The van der Waals surface area contributed by atoms with Gasteiger partial charge in [0.1, 0.15) is 13.2 Å². The maximum absolute atomic E-state index is 13.8. The van der Waals surface area contributed by atoms with E-state index in [0.717, 1.165) is 49.0 Å². The molecule has 1 fully saturated rings. The number of carbonyl (C=O) groups is 1. The van der Waals surface area contributed by atoms with E-state index in [9.17, 15) is 13.2 Å². The fourth-order valence-corrected chi connectivity index (χ4v) is 7.51. The summed E-state index contributed by atoms with van der Waals surface area (Å²) >= 11 is 1.43. The maximum atomic E-state index is 13.8. The molecule has 1 saturated heterocycles. The predicted octanol–water partition coefficient (Wildman–Crippen LogP) is 5.04. The van der Waals surface area contributed by atoms with Crippen LogP contribution in [0.25, 0.3) is 10.2 Å². The van der Waals surface area contributed by atoms with Crippen LogP contribution in [0.1, 0.15) is 49.9 Å². The van der Waals surface area contributed by atoms with E-state index in [4.69, 9.17) is 14.5 Å². The minimum atomic E-state index is -3.59. The van der Waals surface area contributed by atoms with Gasteiger partial charge in [-0.25, -0.2) is 13.4 Å². The first-order valence-corrected chi connectivity index (χ1v) is 16.0. The molecule has 5 rings (SSSR count). The summed E-state index contributed by atoms with van der Waals surface area (Å²) in [5, 5.41) is 0.589. The van der Waals surface area contributed by atoms with E-state index >= 15 is 0 Å². The topological polar surface area (TPSA) is 92.3 Å². The monoisotopic (exact) mass is 608 g/mol. The summed E-state index contributed by atoms with van der Waals surface area (Å²) in [6, 6.07) is 10.1. The van der Waals surface area contributed by atoms with E-state index in [-0.39, 0.29) is 23.2 Å². The second-order valence-electron chi connectivity index (χ2n) is 9.79. The molecule has 0 spiro atoms. The number of hydrogen-bond acceptors (Lipinski definition) is 8. The quantitative estimate of drug-likeness (QED) is 0.336. The molecule has 218 valence electrons. The van der Waals surface area contributed by atoms with Crippen molar-refractivity contribution < 1.29 is 22.7 Å². The molecule has 1 aromatic heterocycles. The largest absolute Gasteiger partial charge is 0.486 e. The van der Waals surface area contributed by atoms with Gasteiger partial charge in [0, 0.05) is 43.9 Å². The highest BCUT2D eigenvalue weighted by Gasteiger charge is 2.27. The van der Waals surface area contributed by atoms with Gasteiger partial charge >= 0.3 is 0 Å². The normalized spacial score (nSPS) is 16.0. The molecule has 0 atom stereocenters. The number of carbonyl (C=O) groups excluding carboxylic acids is 1. The van der Waals surface area contributed by atoms with Crippen molar-refractivity contribution in [1.82, 2.24) is 14.2 Å². The third-order valence-electron chi connectivity index (χ3n) is 7.36. The Balaban J connectivity index is 0.00000370. The van der Waals surface area contributed by atoms with Crippen molar-refractivity contribution >= 4 is 55.0 Å². The summed E-state index contributed by atoms with van der Waals surface area (Å²) in [7, 11) is -3.59. The van der Waals surface area contributed by atoms with Crippen molar-refractivity contribution in [3.63, 3.8) is 0 Å². The van der Waals surface area contributed by atoms with Crippen LogP contribution >= 0.6 is 23.7 Å². The van der Waals surface area contributed by atoms with Crippen LogP contribution in [0.15, 0.2) is 41.3 Å². The SMILES string of the molecule is CCN(CC)CCN(C(=O)c1ccc(S(=O)(=O)N2CCCCCC2)cc1)c1nc2cc3c(cc2s1)OCCO3.Cl.